The zero-order valence-electron chi connectivity index (χ0n) is 13.4. The van der Waals surface area contributed by atoms with Crippen LogP contribution in [-0.2, 0) is 16.6 Å². The number of ether oxygens (including phenoxy) is 1. The highest BCUT2D eigenvalue weighted by Crippen LogP contribution is 2.23. The van der Waals surface area contributed by atoms with E-state index in [1.54, 1.807) is 31.2 Å². The van der Waals surface area contributed by atoms with Gasteiger partial charge in [-0.25, -0.2) is 13.1 Å². The van der Waals surface area contributed by atoms with Crippen molar-refractivity contribution in [1.29, 1.82) is 0 Å². The van der Waals surface area contributed by atoms with Crippen LogP contribution in [0, 0.1) is 17.0 Å². The molecule has 2 aromatic rings. The van der Waals surface area contributed by atoms with Gasteiger partial charge >= 0.3 is 0 Å². The number of benzene rings is 2. The summed E-state index contributed by atoms with van der Waals surface area (Å²) in [6, 6.07) is 10.9. The lowest BCUT2D eigenvalue weighted by atomic mass is 10.2. The van der Waals surface area contributed by atoms with Crippen LogP contribution in [0.4, 0.5) is 5.69 Å². The summed E-state index contributed by atoms with van der Waals surface area (Å²) in [5.74, 6) is 0.596. The second-order valence-electron chi connectivity index (χ2n) is 5.07. The second-order valence-corrected chi connectivity index (χ2v) is 6.81. The van der Waals surface area contributed by atoms with Crippen LogP contribution < -0.4 is 9.46 Å². The average Bonchev–Trinajstić information content (AvgIpc) is 2.54. The first-order chi connectivity index (χ1) is 11.3. The number of rotatable bonds is 7. The zero-order chi connectivity index (χ0) is 17.7. The lowest BCUT2D eigenvalue weighted by Crippen LogP contribution is -2.24. The predicted octanol–water partition coefficient (Wildman–Crippen LogP) is 2.78. The van der Waals surface area contributed by atoms with Crippen molar-refractivity contribution in [1.82, 2.24) is 4.72 Å². The van der Waals surface area contributed by atoms with Crippen LogP contribution in [0.1, 0.15) is 18.1 Å². The number of nitro benzene ring substituents is 1. The van der Waals surface area contributed by atoms with E-state index in [-0.39, 0.29) is 17.1 Å². The van der Waals surface area contributed by atoms with Crippen molar-refractivity contribution in [3.63, 3.8) is 0 Å². The standard InChI is InChI=1S/C16H18N2O5S/c1-3-23-15-7-5-4-6-13(15)11-17-24(21,22)16-10-14(18(19)20)9-8-12(16)2/h4-10,17H,3,11H2,1-2H3. The van der Waals surface area contributed by atoms with Crippen molar-refractivity contribution >= 4 is 15.7 Å². The Morgan fingerprint density at radius 1 is 1.21 bits per heavy atom. The fourth-order valence-corrected chi connectivity index (χ4v) is 3.46. The fourth-order valence-electron chi connectivity index (χ4n) is 2.19. The predicted molar refractivity (Wildman–Crippen MR) is 89.5 cm³/mol. The number of nitro groups is 1. The average molecular weight is 350 g/mol. The van der Waals surface area contributed by atoms with Gasteiger partial charge in [0, 0.05) is 24.2 Å². The maximum Gasteiger partial charge on any atom is 0.270 e. The monoisotopic (exact) mass is 350 g/mol. The van der Waals surface area contributed by atoms with Gasteiger partial charge in [0.2, 0.25) is 10.0 Å². The van der Waals surface area contributed by atoms with Gasteiger partial charge in [0.05, 0.1) is 16.4 Å². The minimum absolute atomic E-state index is 0.0284. The molecule has 0 saturated heterocycles. The molecule has 0 saturated carbocycles. The van der Waals surface area contributed by atoms with E-state index in [9.17, 15) is 18.5 Å². The molecule has 0 spiro atoms. The number of non-ortho nitro benzene ring substituents is 1. The molecule has 2 rings (SSSR count). The second kappa shape index (κ2) is 7.41. The molecule has 7 nitrogen and oxygen atoms in total. The molecule has 0 amide bonds. The van der Waals surface area contributed by atoms with Gasteiger partial charge in [-0.15, -0.1) is 0 Å². The molecule has 0 aromatic heterocycles. The van der Waals surface area contributed by atoms with Crippen molar-refractivity contribution in [2.45, 2.75) is 25.3 Å². The number of para-hydroxylation sites is 1. The molecular formula is C16H18N2O5S. The van der Waals surface area contributed by atoms with Crippen LogP contribution in [0.2, 0.25) is 0 Å². The molecule has 128 valence electrons. The highest BCUT2D eigenvalue weighted by Gasteiger charge is 2.20. The van der Waals surface area contributed by atoms with Crippen molar-refractivity contribution in [3.05, 3.63) is 63.7 Å². The maximum atomic E-state index is 12.5. The van der Waals surface area contributed by atoms with Crippen LogP contribution in [-0.4, -0.2) is 19.9 Å². The van der Waals surface area contributed by atoms with Gasteiger partial charge in [0.15, 0.2) is 0 Å². The largest absolute Gasteiger partial charge is 0.494 e. The summed E-state index contributed by atoms with van der Waals surface area (Å²) in [7, 11) is -3.89. The summed E-state index contributed by atoms with van der Waals surface area (Å²) in [6.45, 7) is 3.92. The topological polar surface area (TPSA) is 98.5 Å². The van der Waals surface area contributed by atoms with Gasteiger partial charge in [-0.05, 0) is 25.5 Å². The summed E-state index contributed by atoms with van der Waals surface area (Å²) in [5.41, 5.74) is 0.855. The van der Waals surface area contributed by atoms with E-state index in [4.69, 9.17) is 4.74 Å². The molecular weight excluding hydrogens is 332 g/mol. The number of hydrogen-bond acceptors (Lipinski definition) is 5. The Kier molecular flexibility index (Phi) is 5.53. The van der Waals surface area contributed by atoms with Crippen LogP contribution in [0.5, 0.6) is 5.75 Å². The lowest BCUT2D eigenvalue weighted by molar-refractivity contribution is -0.385. The van der Waals surface area contributed by atoms with Crippen molar-refractivity contribution in [3.8, 4) is 5.75 Å². The van der Waals surface area contributed by atoms with Crippen molar-refractivity contribution < 1.29 is 18.1 Å². The van der Waals surface area contributed by atoms with Crippen LogP contribution in [0.15, 0.2) is 47.4 Å². The fraction of sp³-hybridized carbons (Fsp3) is 0.250. The van der Waals surface area contributed by atoms with E-state index < -0.39 is 14.9 Å². The van der Waals surface area contributed by atoms with Crippen molar-refractivity contribution in [2.24, 2.45) is 0 Å². The number of sulfonamides is 1. The normalized spacial score (nSPS) is 11.2. The Morgan fingerprint density at radius 2 is 1.92 bits per heavy atom. The zero-order valence-corrected chi connectivity index (χ0v) is 14.2. The first-order valence-electron chi connectivity index (χ1n) is 7.30. The molecule has 8 heteroatoms. The molecule has 1 N–H and O–H groups in total. The third-order valence-electron chi connectivity index (χ3n) is 3.40. The molecule has 0 atom stereocenters. The first kappa shape index (κ1) is 17.9. The SMILES string of the molecule is CCOc1ccccc1CNS(=O)(=O)c1cc([N+](=O)[O-])ccc1C. The van der Waals surface area contributed by atoms with E-state index >= 15 is 0 Å². The summed E-state index contributed by atoms with van der Waals surface area (Å²) in [5, 5.41) is 10.9. The Morgan fingerprint density at radius 3 is 2.58 bits per heavy atom. The van der Waals surface area contributed by atoms with Gasteiger partial charge in [0.25, 0.3) is 5.69 Å². The molecule has 0 heterocycles. The van der Waals surface area contributed by atoms with Crippen LogP contribution in [0.3, 0.4) is 0 Å². The molecule has 24 heavy (non-hydrogen) atoms. The summed E-state index contributed by atoms with van der Waals surface area (Å²) >= 11 is 0. The number of hydrogen-bond donors (Lipinski definition) is 1. The van der Waals surface area contributed by atoms with Crippen LogP contribution >= 0.6 is 0 Å². The molecule has 0 bridgehead atoms. The summed E-state index contributed by atoms with van der Waals surface area (Å²) in [4.78, 5) is 10.1. The van der Waals surface area contributed by atoms with E-state index in [0.29, 0.717) is 23.5 Å². The molecule has 0 aliphatic heterocycles. The quantitative estimate of drug-likeness (QED) is 0.611. The molecule has 2 aromatic carbocycles. The Labute approximate surface area is 140 Å². The molecule has 0 fully saturated rings. The molecule has 0 aliphatic rings. The van der Waals surface area contributed by atoms with E-state index in [0.717, 1.165) is 6.07 Å². The summed E-state index contributed by atoms with van der Waals surface area (Å²) < 4.78 is 32.9. The van der Waals surface area contributed by atoms with Gasteiger partial charge in [-0.3, -0.25) is 10.1 Å². The Balaban J connectivity index is 2.27. The van der Waals surface area contributed by atoms with Gasteiger partial charge in [-0.1, -0.05) is 24.3 Å². The van der Waals surface area contributed by atoms with Gasteiger partial charge < -0.3 is 4.74 Å². The van der Waals surface area contributed by atoms with Gasteiger partial charge in [-0.2, -0.15) is 0 Å². The van der Waals surface area contributed by atoms with Gasteiger partial charge in [0.1, 0.15) is 5.75 Å². The Hall–Kier alpha value is -2.45. The Bertz CT molecular complexity index is 849. The molecule has 0 radical (unpaired) electrons. The minimum Gasteiger partial charge on any atom is -0.494 e. The van der Waals surface area contributed by atoms with E-state index in [1.807, 2.05) is 6.92 Å². The third-order valence-corrected chi connectivity index (χ3v) is 4.94. The minimum atomic E-state index is -3.89. The van der Waals surface area contributed by atoms with Crippen LogP contribution in [0.25, 0.3) is 0 Å². The molecule has 0 aliphatic carbocycles. The lowest BCUT2D eigenvalue weighted by Gasteiger charge is -2.12. The number of nitrogens with zero attached hydrogens (tertiary/aromatic N) is 1. The van der Waals surface area contributed by atoms with E-state index in [1.165, 1.54) is 12.1 Å². The third kappa shape index (κ3) is 4.09. The highest BCUT2D eigenvalue weighted by atomic mass is 32.2. The number of aryl methyl sites for hydroxylation is 1. The maximum absolute atomic E-state index is 12.5. The molecule has 0 unspecified atom stereocenters. The highest BCUT2D eigenvalue weighted by molar-refractivity contribution is 7.89. The smallest absolute Gasteiger partial charge is 0.270 e. The number of nitrogens with one attached hydrogen (secondary N) is 1. The summed E-state index contributed by atoms with van der Waals surface area (Å²) in [6.07, 6.45) is 0. The van der Waals surface area contributed by atoms with E-state index in [2.05, 4.69) is 4.72 Å². The first-order valence-corrected chi connectivity index (χ1v) is 8.79. The van der Waals surface area contributed by atoms with Crippen molar-refractivity contribution in [2.75, 3.05) is 6.61 Å².